The third-order valence-corrected chi connectivity index (χ3v) is 5.37. The van der Waals surface area contributed by atoms with Crippen molar-refractivity contribution >= 4 is 24.3 Å². The molecule has 0 saturated heterocycles. The summed E-state index contributed by atoms with van der Waals surface area (Å²) in [5.74, 6) is 0. The van der Waals surface area contributed by atoms with Gasteiger partial charge in [-0.25, -0.2) is 0 Å². The van der Waals surface area contributed by atoms with Crippen LogP contribution in [0.3, 0.4) is 0 Å². The van der Waals surface area contributed by atoms with Gasteiger partial charge in [-0.15, -0.1) is 0 Å². The van der Waals surface area contributed by atoms with E-state index in [1.165, 1.54) is 0 Å². The summed E-state index contributed by atoms with van der Waals surface area (Å²) < 4.78 is 7.38. The molecule has 9 nitrogen and oxygen atoms in total. The van der Waals surface area contributed by atoms with E-state index in [0.717, 1.165) is 6.66 Å². The molecular formula is CH13O9P3. The van der Waals surface area contributed by atoms with Crippen LogP contribution in [0.1, 0.15) is 0 Å². The Bertz CT molecular complexity index is 147. The molecule has 0 rings (SSSR count). The van der Waals surface area contributed by atoms with E-state index in [0.29, 0.717) is 0 Å². The van der Waals surface area contributed by atoms with Crippen LogP contribution in [0.2, 0.25) is 0 Å². The van der Waals surface area contributed by atoms with E-state index in [1.807, 2.05) is 0 Å². The molecule has 0 spiro atoms. The molecule has 0 bridgehead atoms. The molecule has 86 valence electrons. The van der Waals surface area contributed by atoms with Crippen LogP contribution in [0.4, 0.5) is 0 Å². The Kier molecular flexibility index (Phi) is 4.50. The van der Waals surface area contributed by atoms with Crippen molar-refractivity contribution in [1.29, 1.82) is 0 Å². The monoisotopic (exact) mass is 262 g/mol. The van der Waals surface area contributed by atoms with Crippen LogP contribution in [0.15, 0.2) is 0 Å². The Labute approximate surface area is 74.7 Å². The van der Waals surface area contributed by atoms with Crippen LogP contribution in [0, 0.1) is 0 Å². The molecule has 13 heavy (non-hydrogen) atoms. The standard InChI is InChI=1S/CH13O9P3/c1-11(2,3)9-13(7,8)10-12(4,5)6/h2-8,11-13H,1H3. The third-order valence-electron chi connectivity index (χ3n) is 0.596. The Morgan fingerprint density at radius 1 is 0.769 bits per heavy atom. The zero-order valence-corrected chi connectivity index (χ0v) is 9.45. The van der Waals surface area contributed by atoms with Crippen molar-refractivity contribution in [2.75, 3.05) is 6.66 Å². The van der Waals surface area contributed by atoms with Crippen molar-refractivity contribution in [1.82, 2.24) is 0 Å². The Hall–Kier alpha value is 0.930. The van der Waals surface area contributed by atoms with E-state index >= 15 is 0 Å². The van der Waals surface area contributed by atoms with Crippen LogP contribution in [0.25, 0.3) is 0 Å². The van der Waals surface area contributed by atoms with Gasteiger partial charge < -0.3 is 0 Å². The average Bonchev–Trinajstić information content (AvgIpc) is 1.43. The van der Waals surface area contributed by atoms with Gasteiger partial charge in [-0.05, 0) is 0 Å². The van der Waals surface area contributed by atoms with Crippen LogP contribution in [-0.4, -0.2) is 40.9 Å². The zero-order chi connectivity index (χ0) is 10.9. The number of hydrogen-bond acceptors (Lipinski definition) is 9. The first-order valence-electron chi connectivity index (χ1n) is 2.88. The van der Waals surface area contributed by atoms with Crippen molar-refractivity contribution in [3.63, 3.8) is 0 Å². The van der Waals surface area contributed by atoms with Crippen molar-refractivity contribution < 1.29 is 42.9 Å². The van der Waals surface area contributed by atoms with E-state index < -0.39 is 24.3 Å². The molecule has 12 heteroatoms. The second kappa shape index (κ2) is 4.20. The van der Waals surface area contributed by atoms with E-state index in [4.69, 9.17) is 34.3 Å². The summed E-state index contributed by atoms with van der Waals surface area (Å²) in [6.07, 6.45) is 0. The maximum atomic E-state index is 8.71. The summed E-state index contributed by atoms with van der Waals surface area (Å²) in [7, 11) is -14.5. The summed E-state index contributed by atoms with van der Waals surface area (Å²) in [6, 6.07) is 0. The Morgan fingerprint density at radius 2 is 1.15 bits per heavy atom. The van der Waals surface area contributed by atoms with Crippen LogP contribution < -0.4 is 0 Å². The minimum atomic E-state index is -5.16. The summed E-state index contributed by atoms with van der Waals surface area (Å²) >= 11 is 0. The summed E-state index contributed by atoms with van der Waals surface area (Å²) in [5.41, 5.74) is 0. The summed E-state index contributed by atoms with van der Waals surface area (Å²) in [5, 5.41) is 0. The second-order valence-electron chi connectivity index (χ2n) is 2.26. The molecule has 0 aliphatic rings. The molecule has 0 unspecified atom stereocenters. The molecule has 0 aliphatic carbocycles. The molecule has 0 atom stereocenters. The molecule has 0 heterocycles. The minimum absolute atomic E-state index is 0.764. The van der Waals surface area contributed by atoms with Gasteiger partial charge in [0, 0.05) is 0 Å². The molecule has 0 aromatic carbocycles. The molecule has 0 fully saturated rings. The predicted molar refractivity (Wildman–Crippen MR) is 48.6 cm³/mol. The van der Waals surface area contributed by atoms with Crippen molar-refractivity contribution in [2.24, 2.45) is 0 Å². The Balaban J connectivity index is 4.25. The van der Waals surface area contributed by atoms with Gasteiger partial charge in [-0.1, -0.05) is 0 Å². The van der Waals surface area contributed by atoms with Gasteiger partial charge in [0.2, 0.25) is 0 Å². The fourth-order valence-electron chi connectivity index (χ4n) is 0.451. The van der Waals surface area contributed by atoms with E-state index in [2.05, 4.69) is 8.62 Å². The molecule has 0 aromatic heterocycles. The topological polar surface area (TPSA) is 160 Å². The molecule has 0 aromatic rings. The average molecular weight is 262 g/mol. The zero-order valence-electron chi connectivity index (χ0n) is 6.45. The molecule has 0 aliphatic heterocycles. The second-order valence-corrected chi connectivity index (χ2v) is 8.01. The molecule has 0 radical (unpaired) electrons. The molecule has 0 saturated carbocycles. The predicted octanol–water partition coefficient (Wildman–Crippen LogP) is -2.09. The van der Waals surface area contributed by atoms with Gasteiger partial charge in [0.1, 0.15) is 0 Å². The summed E-state index contributed by atoms with van der Waals surface area (Å²) in [6.45, 7) is 0.764. The first-order chi connectivity index (χ1) is 5.41. The maximum absolute atomic E-state index is 8.71. The SMILES string of the molecule is C[PH](O)(O)O[PH](O)(O)O[PH](O)(O)O. The fourth-order valence-corrected chi connectivity index (χ4v) is 4.43. The first kappa shape index (κ1) is 13.9. The van der Waals surface area contributed by atoms with Crippen molar-refractivity contribution in [3.8, 4) is 0 Å². The van der Waals surface area contributed by atoms with Gasteiger partial charge >= 0.3 is 73.8 Å². The molecular weight excluding hydrogens is 249 g/mol. The van der Waals surface area contributed by atoms with Crippen LogP contribution >= 0.6 is 24.3 Å². The van der Waals surface area contributed by atoms with Gasteiger partial charge in [-0.3, -0.25) is 0 Å². The van der Waals surface area contributed by atoms with E-state index in [-0.39, 0.29) is 0 Å². The van der Waals surface area contributed by atoms with Crippen molar-refractivity contribution in [3.05, 3.63) is 0 Å². The third kappa shape index (κ3) is 9.24. The van der Waals surface area contributed by atoms with E-state index in [9.17, 15) is 0 Å². The first-order valence-corrected chi connectivity index (χ1v) is 8.65. The van der Waals surface area contributed by atoms with Crippen LogP contribution in [0.5, 0.6) is 0 Å². The Morgan fingerprint density at radius 3 is 1.38 bits per heavy atom. The number of rotatable bonds is 4. The summed E-state index contributed by atoms with van der Waals surface area (Å²) in [4.78, 5) is 59.5. The molecule has 0 amide bonds. The number of hydrogen-bond donors (Lipinski definition) is 7. The normalized spacial score (nSPS) is 18.5. The molecule has 7 N–H and O–H groups in total. The van der Waals surface area contributed by atoms with Gasteiger partial charge in [0.15, 0.2) is 0 Å². The fraction of sp³-hybridized carbons (Fsp3) is 1.00. The van der Waals surface area contributed by atoms with Gasteiger partial charge in [0.25, 0.3) is 0 Å². The van der Waals surface area contributed by atoms with E-state index in [1.54, 1.807) is 0 Å². The van der Waals surface area contributed by atoms with Gasteiger partial charge in [0.05, 0.1) is 0 Å². The quantitative estimate of drug-likeness (QED) is 0.282. The van der Waals surface area contributed by atoms with Crippen molar-refractivity contribution in [2.45, 2.75) is 0 Å². The van der Waals surface area contributed by atoms with Gasteiger partial charge in [-0.2, -0.15) is 0 Å². The van der Waals surface area contributed by atoms with Crippen LogP contribution in [-0.2, 0) is 8.62 Å².